The first-order valence-electron chi connectivity index (χ1n) is 6.99. The molecule has 0 aliphatic rings. The Labute approximate surface area is 111 Å². The molecule has 0 saturated heterocycles. The van der Waals surface area contributed by atoms with Gasteiger partial charge in [-0.15, -0.1) is 0 Å². The average molecular weight is 250 g/mol. The Morgan fingerprint density at radius 2 is 1.89 bits per heavy atom. The topological polar surface area (TPSA) is 18.5 Å². The molecule has 18 heavy (non-hydrogen) atoms. The second kappa shape index (κ2) is 8.02. The predicted octanol–water partition coefficient (Wildman–Crippen LogP) is 4.60. The van der Waals surface area contributed by atoms with Crippen molar-refractivity contribution >= 4 is 0 Å². The highest BCUT2D eigenvalue weighted by Gasteiger charge is 2.02. The Bertz CT molecular complexity index is 345. The lowest BCUT2D eigenvalue weighted by molar-refractivity contribution is 0.286. The van der Waals surface area contributed by atoms with Gasteiger partial charge in [0.1, 0.15) is 11.5 Å². The summed E-state index contributed by atoms with van der Waals surface area (Å²) < 4.78 is 11.4. The van der Waals surface area contributed by atoms with Crippen molar-refractivity contribution in [3.05, 3.63) is 23.8 Å². The molecule has 0 aliphatic heterocycles. The molecule has 0 radical (unpaired) electrons. The smallest absolute Gasteiger partial charge is 0.122 e. The molecule has 1 aromatic carbocycles. The predicted molar refractivity (Wildman–Crippen MR) is 76.5 cm³/mol. The summed E-state index contributed by atoms with van der Waals surface area (Å²) in [6.45, 7) is 10.2. The number of benzene rings is 1. The van der Waals surface area contributed by atoms with E-state index in [2.05, 4.69) is 33.8 Å². The molecule has 0 amide bonds. The van der Waals surface area contributed by atoms with Gasteiger partial charge < -0.3 is 9.47 Å². The Morgan fingerprint density at radius 1 is 1.11 bits per heavy atom. The van der Waals surface area contributed by atoms with Crippen molar-refractivity contribution in [2.24, 2.45) is 5.92 Å². The standard InChI is InChI=1S/C16H26O2/c1-5-6-10-18-16-8-7-15(12-14(16)4)17-11-9-13(2)3/h7-8,12-13H,5-6,9-11H2,1-4H3. The molecule has 0 spiro atoms. The van der Waals surface area contributed by atoms with Gasteiger partial charge in [0.05, 0.1) is 13.2 Å². The SMILES string of the molecule is CCCCOc1ccc(OCCC(C)C)cc1C. The van der Waals surface area contributed by atoms with E-state index in [1.165, 1.54) is 0 Å². The molecular formula is C16H26O2. The van der Waals surface area contributed by atoms with Crippen LogP contribution in [0.5, 0.6) is 11.5 Å². The fourth-order valence-corrected chi connectivity index (χ4v) is 1.61. The van der Waals surface area contributed by atoms with E-state index in [1.807, 2.05) is 12.1 Å². The van der Waals surface area contributed by atoms with E-state index < -0.39 is 0 Å². The Morgan fingerprint density at radius 3 is 2.50 bits per heavy atom. The van der Waals surface area contributed by atoms with E-state index >= 15 is 0 Å². The van der Waals surface area contributed by atoms with Gasteiger partial charge in [0, 0.05) is 0 Å². The van der Waals surface area contributed by atoms with Crippen LogP contribution in [0, 0.1) is 12.8 Å². The van der Waals surface area contributed by atoms with Crippen LogP contribution >= 0.6 is 0 Å². The largest absolute Gasteiger partial charge is 0.494 e. The van der Waals surface area contributed by atoms with Gasteiger partial charge in [0.25, 0.3) is 0 Å². The Hall–Kier alpha value is -1.18. The fraction of sp³-hybridized carbons (Fsp3) is 0.625. The summed E-state index contributed by atoms with van der Waals surface area (Å²) in [6, 6.07) is 6.06. The quantitative estimate of drug-likeness (QED) is 0.628. The van der Waals surface area contributed by atoms with Crippen LogP contribution in [0.3, 0.4) is 0 Å². The van der Waals surface area contributed by atoms with Crippen molar-refractivity contribution in [3.8, 4) is 11.5 Å². The van der Waals surface area contributed by atoms with Crippen LogP contribution in [0.4, 0.5) is 0 Å². The van der Waals surface area contributed by atoms with Crippen molar-refractivity contribution in [1.82, 2.24) is 0 Å². The maximum atomic E-state index is 5.72. The van der Waals surface area contributed by atoms with E-state index in [-0.39, 0.29) is 0 Å². The summed E-state index contributed by atoms with van der Waals surface area (Å²) in [6.07, 6.45) is 3.36. The number of hydrogen-bond acceptors (Lipinski definition) is 2. The molecule has 0 unspecified atom stereocenters. The molecule has 0 aliphatic carbocycles. The van der Waals surface area contributed by atoms with Gasteiger partial charge in [-0.25, -0.2) is 0 Å². The molecule has 0 N–H and O–H groups in total. The lowest BCUT2D eigenvalue weighted by atomic mass is 10.1. The number of ether oxygens (including phenoxy) is 2. The first-order chi connectivity index (χ1) is 8.63. The molecule has 1 rings (SSSR count). The van der Waals surface area contributed by atoms with Gasteiger partial charge in [0.15, 0.2) is 0 Å². The van der Waals surface area contributed by atoms with Crippen LogP contribution in [0.15, 0.2) is 18.2 Å². The number of rotatable bonds is 8. The molecule has 0 bridgehead atoms. The van der Waals surface area contributed by atoms with Gasteiger partial charge in [-0.3, -0.25) is 0 Å². The highest BCUT2D eigenvalue weighted by molar-refractivity contribution is 5.39. The summed E-state index contributed by atoms with van der Waals surface area (Å²) in [5.74, 6) is 2.60. The van der Waals surface area contributed by atoms with E-state index in [1.54, 1.807) is 0 Å². The number of hydrogen-bond donors (Lipinski definition) is 0. The summed E-state index contributed by atoms with van der Waals surface area (Å²) in [7, 11) is 0. The molecule has 2 heteroatoms. The van der Waals surface area contributed by atoms with E-state index in [4.69, 9.17) is 9.47 Å². The minimum absolute atomic E-state index is 0.683. The summed E-state index contributed by atoms with van der Waals surface area (Å²) >= 11 is 0. The minimum Gasteiger partial charge on any atom is -0.494 e. The molecule has 0 atom stereocenters. The third kappa shape index (κ3) is 5.44. The molecule has 0 heterocycles. The molecule has 2 nitrogen and oxygen atoms in total. The molecule has 102 valence electrons. The monoisotopic (exact) mass is 250 g/mol. The van der Waals surface area contributed by atoms with Crippen LogP contribution in [0.2, 0.25) is 0 Å². The van der Waals surface area contributed by atoms with Crippen LogP contribution in [-0.2, 0) is 0 Å². The number of aryl methyl sites for hydroxylation is 1. The summed E-state index contributed by atoms with van der Waals surface area (Å²) in [4.78, 5) is 0. The summed E-state index contributed by atoms with van der Waals surface area (Å²) in [5, 5.41) is 0. The van der Waals surface area contributed by atoms with Gasteiger partial charge in [-0.2, -0.15) is 0 Å². The Balaban J connectivity index is 2.45. The highest BCUT2D eigenvalue weighted by Crippen LogP contribution is 2.23. The van der Waals surface area contributed by atoms with Crippen LogP contribution in [0.25, 0.3) is 0 Å². The van der Waals surface area contributed by atoms with E-state index in [0.29, 0.717) is 5.92 Å². The number of unbranched alkanes of at least 4 members (excludes halogenated alkanes) is 1. The maximum Gasteiger partial charge on any atom is 0.122 e. The molecular weight excluding hydrogens is 224 g/mol. The van der Waals surface area contributed by atoms with Crippen molar-refractivity contribution in [1.29, 1.82) is 0 Å². The first kappa shape index (κ1) is 14.9. The van der Waals surface area contributed by atoms with Crippen LogP contribution < -0.4 is 9.47 Å². The highest BCUT2D eigenvalue weighted by atomic mass is 16.5. The zero-order chi connectivity index (χ0) is 13.4. The molecule has 0 aromatic heterocycles. The third-order valence-electron chi connectivity index (χ3n) is 2.87. The lowest BCUT2D eigenvalue weighted by Crippen LogP contribution is -2.02. The van der Waals surface area contributed by atoms with E-state index in [0.717, 1.165) is 49.5 Å². The first-order valence-corrected chi connectivity index (χ1v) is 6.99. The lowest BCUT2D eigenvalue weighted by Gasteiger charge is -2.12. The van der Waals surface area contributed by atoms with Crippen LogP contribution in [-0.4, -0.2) is 13.2 Å². The van der Waals surface area contributed by atoms with Crippen molar-refractivity contribution < 1.29 is 9.47 Å². The van der Waals surface area contributed by atoms with E-state index in [9.17, 15) is 0 Å². The van der Waals surface area contributed by atoms with Gasteiger partial charge in [0.2, 0.25) is 0 Å². The van der Waals surface area contributed by atoms with Crippen molar-refractivity contribution in [3.63, 3.8) is 0 Å². The van der Waals surface area contributed by atoms with Gasteiger partial charge in [-0.05, 0) is 49.4 Å². The molecule has 1 aromatic rings. The zero-order valence-corrected chi connectivity index (χ0v) is 12.2. The second-order valence-electron chi connectivity index (χ2n) is 5.16. The Kier molecular flexibility index (Phi) is 6.63. The van der Waals surface area contributed by atoms with Gasteiger partial charge >= 0.3 is 0 Å². The van der Waals surface area contributed by atoms with Crippen molar-refractivity contribution in [2.45, 2.75) is 47.0 Å². The molecule has 0 fully saturated rings. The summed E-state index contributed by atoms with van der Waals surface area (Å²) in [5.41, 5.74) is 1.15. The third-order valence-corrected chi connectivity index (χ3v) is 2.87. The minimum atomic E-state index is 0.683. The molecule has 0 saturated carbocycles. The van der Waals surface area contributed by atoms with Crippen LogP contribution in [0.1, 0.15) is 45.6 Å². The maximum absolute atomic E-state index is 5.72. The fourth-order valence-electron chi connectivity index (χ4n) is 1.61. The normalized spacial score (nSPS) is 10.7. The average Bonchev–Trinajstić information content (AvgIpc) is 2.31. The van der Waals surface area contributed by atoms with Gasteiger partial charge in [-0.1, -0.05) is 27.2 Å². The zero-order valence-electron chi connectivity index (χ0n) is 12.2. The van der Waals surface area contributed by atoms with Crippen molar-refractivity contribution in [2.75, 3.05) is 13.2 Å². The second-order valence-corrected chi connectivity index (χ2v) is 5.16.